The number of pyridine rings is 1. The van der Waals surface area contributed by atoms with Gasteiger partial charge in [0.2, 0.25) is 0 Å². The number of carbonyl (C=O) groups excluding carboxylic acids is 1. The first-order valence-electron chi connectivity index (χ1n) is 14.0. The second kappa shape index (κ2) is 11.8. The number of carbonyl (C=O) groups is 1. The largest absolute Gasteiger partial charge is 0.457 e. The molecule has 5 rings (SSSR count). The van der Waals surface area contributed by atoms with Crippen LogP contribution in [0.2, 0.25) is 0 Å². The fourth-order valence-corrected chi connectivity index (χ4v) is 5.01. The summed E-state index contributed by atoms with van der Waals surface area (Å²) in [6.45, 7) is 10.9. The van der Waals surface area contributed by atoms with E-state index in [0.717, 1.165) is 38.9 Å². The lowest BCUT2D eigenvalue weighted by molar-refractivity contribution is 0.0945. The number of rotatable bonds is 8. The van der Waals surface area contributed by atoms with E-state index in [-0.39, 0.29) is 17.0 Å². The monoisotopic (exact) mass is 558 g/mol. The Balaban J connectivity index is 1.41. The number of ether oxygens (including phenoxy) is 1. The number of hydrogen-bond donors (Lipinski definition) is 2. The van der Waals surface area contributed by atoms with Gasteiger partial charge in [-0.1, -0.05) is 37.6 Å². The van der Waals surface area contributed by atoms with Crippen molar-refractivity contribution in [3.63, 3.8) is 0 Å². The van der Waals surface area contributed by atoms with E-state index in [9.17, 15) is 14.9 Å². The number of H-pyrrole nitrogens is 1. The van der Waals surface area contributed by atoms with Crippen LogP contribution in [0, 0.1) is 38.0 Å². The molecule has 1 amide bonds. The van der Waals surface area contributed by atoms with Gasteiger partial charge < -0.3 is 19.6 Å². The van der Waals surface area contributed by atoms with Crippen LogP contribution in [0.4, 0.5) is 0 Å². The van der Waals surface area contributed by atoms with E-state index < -0.39 is 0 Å². The highest BCUT2D eigenvalue weighted by Crippen LogP contribution is 2.29. The minimum Gasteiger partial charge on any atom is -0.457 e. The predicted molar refractivity (Wildman–Crippen MR) is 166 cm³/mol. The summed E-state index contributed by atoms with van der Waals surface area (Å²) < 4.78 is 7.81. The van der Waals surface area contributed by atoms with Crippen molar-refractivity contribution in [2.45, 2.75) is 41.2 Å². The molecule has 2 heterocycles. The van der Waals surface area contributed by atoms with Crippen molar-refractivity contribution in [1.29, 1.82) is 5.26 Å². The zero-order valence-corrected chi connectivity index (χ0v) is 24.5. The summed E-state index contributed by atoms with van der Waals surface area (Å²) in [5, 5.41) is 13.5. The zero-order valence-electron chi connectivity index (χ0n) is 24.5. The lowest BCUT2D eigenvalue weighted by atomic mass is 10.0. The maximum absolute atomic E-state index is 13.4. The molecule has 0 aliphatic carbocycles. The number of fused-ring (bicyclic) bond motifs is 1. The molecule has 42 heavy (non-hydrogen) atoms. The third-order valence-corrected chi connectivity index (χ3v) is 7.33. The molecule has 0 aliphatic heterocycles. The second-order valence-corrected chi connectivity index (χ2v) is 11.2. The predicted octanol–water partition coefficient (Wildman–Crippen LogP) is 7.02. The van der Waals surface area contributed by atoms with Gasteiger partial charge in [-0.2, -0.15) is 5.26 Å². The fourth-order valence-electron chi connectivity index (χ4n) is 5.01. The minimum absolute atomic E-state index is 0.132. The van der Waals surface area contributed by atoms with Crippen molar-refractivity contribution in [3.8, 4) is 28.8 Å². The van der Waals surface area contributed by atoms with Crippen molar-refractivity contribution >= 4 is 16.8 Å². The summed E-state index contributed by atoms with van der Waals surface area (Å²) in [6, 6.07) is 25.2. The highest BCUT2D eigenvalue weighted by molar-refractivity contribution is 5.98. The van der Waals surface area contributed by atoms with Crippen molar-refractivity contribution in [2.75, 3.05) is 6.54 Å². The molecule has 7 nitrogen and oxygen atoms in total. The Hall–Kier alpha value is -5.09. The molecule has 7 heteroatoms. The van der Waals surface area contributed by atoms with Crippen LogP contribution >= 0.6 is 0 Å². The molecule has 0 saturated heterocycles. The van der Waals surface area contributed by atoms with Gasteiger partial charge in [-0.15, -0.1) is 0 Å². The average Bonchev–Trinajstić information content (AvgIpc) is 3.38. The Labute approximate surface area is 245 Å². The average molecular weight is 559 g/mol. The third kappa shape index (κ3) is 5.98. The molecular weight excluding hydrogens is 524 g/mol. The van der Waals surface area contributed by atoms with Gasteiger partial charge >= 0.3 is 0 Å². The standard InChI is InChI=1S/C35H34N4O3/c1-21(2)19-37-34(40)32-17-27-16-29(12-13-31(27)38-32)42-28-10-8-25(9-11-28)33-15-24(5)30(18-36)35(41)39(33)20-26-7-6-22(3)14-23(26)4/h6-17,21,38H,19-20H2,1-5H3,(H,37,40). The Morgan fingerprint density at radius 1 is 0.952 bits per heavy atom. The van der Waals surface area contributed by atoms with Crippen LogP contribution in [0.3, 0.4) is 0 Å². The molecule has 3 aromatic carbocycles. The van der Waals surface area contributed by atoms with Crippen molar-refractivity contribution in [2.24, 2.45) is 5.92 Å². The number of nitrogens with zero attached hydrogens (tertiary/aromatic N) is 2. The van der Waals surface area contributed by atoms with Crippen molar-refractivity contribution in [1.82, 2.24) is 14.9 Å². The van der Waals surface area contributed by atoms with Gasteiger partial charge in [-0.25, -0.2) is 0 Å². The van der Waals surface area contributed by atoms with E-state index in [1.54, 1.807) is 11.5 Å². The van der Waals surface area contributed by atoms with Crippen LogP contribution in [-0.2, 0) is 6.54 Å². The van der Waals surface area contributed by atoms with E-state index in [1.165, 1.54) is 0 Å². The Kier molecular flexibility index (Phi) is 7.99. The van der Waals surface area contributed by atoms with Gasteiger partial charge in [0.1, 0.15) is 28.8 Å². The van der Waals surface area contributed by atoms with Gasteiger partial charge in [-0.05, 0) is 104 Å². The molecule has 0 fully saturated rings. The number of nitrogens with one attached hydrogen (secondary N) is 2. The van der Waals surface area contributed by atoms with Crippen LogP contribution in [0.5, 0.6) is 11.5 Å². The second-order valence-electron chi connectivity index (χ2n) is 11.2. The molecule has 0 bridgehead atoms. The molecule has 212 valence electrons. The fraction of sp³-hybridized carbons (Fsp3) is 0.229. The highest BCUT2D eigenvalue weighted by Gasteiger charge is 2.16. The lowest BCUT2D eigenvalue weighted by Gasteiger charge is -2.17. The van der Waals surface area contributed by atoms with Gasteiger partial charge in [-0.3, -0.25) is 9.59 Å². The Bertz CT molecular complexity index is 1890. The number of amides is 1. The smallest absolute Gasteiger partial charge is 0.269 e. The molecular formula is C35H34N4O3. The van der Waals surface area contributed by atoms with E-state index in [1.807, 2.05) is 80.6 Å². The Morgan fingerprint density at radius 3 is 2.38 bits per heavy atom. The van der Waals surface area contributed by atoms with Crippen LogP contribution in [0.25, 0.3) is 22.2 Å². The number of aryl methyl sites for hydroxylation is 3. The lowest BCUT2D eigenvalue weighted by Crippen LogP contribution is -2.27. The normalized spacial score (nSPS) is 11.1. The number of benzene rings is 3. The SMILES string of the molecule is Cc1ccc(Cn2c(-c3ccc(Oc4ccc5[nH]c(C(=O)NCC(C)C)cc5c4)cc3)cc(C)c(C#N)c2=O)c(C)c1. The van der Waals surface area contributed by atoms with E-state index >= 15 is 0 Å². The molecule has 0 radical (unpaired) electrons. The topological polar surface area (TPSA) is 99.9 Å². The molecule has 2 N–H and O–H groups in total. The van der Waals surface area contributed by atoms with Crippen LogP contribution in [0.1, 0.15) is 52.2 Å². The molecule has 0 spiro atoms. The van der Waals surface area contributed by atoms with Crippen LogP contribution < -0.4 is 15.6 Å². The quantitative estimate of drug-likeness (QED) is 0.214. The summed E-state index contributed by atoms with van der Waals surface area (Å²) in [7, 11) is 0. The number of hydrogen-bond acceptors (Lipinski definition) is 4. The van der Waals surface area contributed by atoms with Gasteiger partial charge in [0.15, 0.2) is 0 Å². The van der Waals surface area contributed by atoms with Gasteiger partial charge in [0.05, 0.1) is 12.2 Å². The van der Waals surface area contributed by atoms with E-state index in [4.69, 9.17) is 4.74 Å². The molecule has 2 aromatic heterocycles. The molecule has 0 atom stereocenters. The first-order chi connectivity index (χ1) is 20.1. The zero-order chi connectivity index (χ0) is 30.0. The molecule has 0 saturated carbocycles. The number of nitriles is 1. The summed E-state index contributed by atoms with van der Waals surface area (Å²) in [5.41, 5.74) is 6.72. The first-order valence-corrected chi connectivity index (χ1v) is 14.0. The molecule has 0 aliphatic rings. The van der Waals surface area contributed by atoms with Crippen LogP contribution in [-0.4, -0.2) is 22.0 Å². The van der Waals surface area contributed by atoms with E-state index in [0.29, 0.717) is 41.8 Å². The summed E-state index contributed by atoms with van der Waals surface area (Å²) in [4.78, 5) is 29.0. The number of aromatic amines is 1. The summed E-state index contributed by atoms with van der Waals surface area (Å²) >= 11 is 0. The van der Waals surface area contributed by atoms with E-state index in [2.05, 4.69) is 36.3 Å². The minimum atomic E-state index is -0.301. The van der Waals surface area contributed by atoms with Crippen LogP contribution in [0.15, 0.2) is 77.6 Å². The Morgan fingerprint density at radius 2 is 1.69 bits per heavy atom. The van der Waals surface area contributed by atoms with Gasteiger partial charge in [0.25, 0.3) is 11.5 Å². The third-order valence-electron chi connectivity index (χ3n) is 7.33. The maximum Gasteiger partial charge on any atom is 0.269 e. The van der Waals surface area contributed by atoms with Crippen molar-refractivity contribution < 1.29 is 9.53 Å². The van der Waals surface area contributed by atoms with Gasteiger partial charge in [0, 0.05) is 17.4 Å². The first kappa shape index (κ1) is 28.4. The van der Waals surface area contributed by atoms with Crippen molar-refractivity contribution in [3.05, 3.63) is 117 Å². The molecule has 0 unspecified atom stereocenters. The number of aromatic nitrogens is 2. The maximum atomic E-state index is 13.4. The summed E-state index contributed by atoms with van der Waals surface area (Å²) in [6.07, 6.45) is 0. The highest BCUT2D eigenvalue weighted by atomic mass is 16.5. The molecule has 5 aromatic rings. The summed E-state index contributed by atoms with van der Waals surface area (Å²) in [5.74, 6) is 1.52.